The van der Waals surface area contributed by atoms with Gasteiger partial charge < -0.3 is 4.74 Å². The lowest BCUT2D eigenvalue weighted by atomic mass is 9.78. The van der Waals surface area contributed by atoms with Crippen LogP contribution in [0.15, 0.2) is 70.5 Å². The van der Waals surface area contributed by atoms with Crippen molar-refractivity contribution in [2.75, 3.05) is 11.8 Å². The third-order valence-corrected chi connectivity index (χ3v) is 7.69. The van der Waals surface area contributed by atoms with Gasteiger partial charge in [0.1, 0.15) is 5.75 Å². The predicted octanol–water partition coefficient (Wildman–Crippen LogP) is 4.17. The van der Waals surface area contributed by atoms with E-state index in [1.165, 1.54) is 42.4 Å². The zero-order valence-electron chi connectivity index (χ0n) is 18.9. The second-order valence-electron chi connectivity index (χ2n) is 8.45. The SMILES string of the molecule is COc1cc(C2CCC2)c(C)cc1-n1c(=O)ccc2cc(S(=O)(=O)Nc3cccnn3)ccc21. The Hall–Kier alpha value is -3.72. The minimum Gasteiger partial charge on any atom is -0.495 e. The fourth-order valence-corrected chi connectivity index (χ4v) is 5.41. The molecule has 1 aliphatic rings. The van der Waals surface area contributed by atoms with E-state index in [1.54, 1.807) is 29.9 Å². The van der Waals surface area contributed by atoms with Crippen molar-refractivity contribution < 1.29 is 13.2 Å². The maximum absolute atomic E-state index is 13.0. The molecular weight excluding hydrogens is 452 g/mol. The summed E-state index contributed by atoms with van der Waals surface area (Å²) in [6.45, 7) is 2.05. The van der Waals surface area contributed by atoms with Crippen LogP contribution in [0.3, 0.4) is 0 Å². The van der Waals surface area contributed by atoms with Gasteiger partial charge in [-0.05, 0) is 85.3 Å². The van der Waals surface area contributed by atoms with Gasteiger partial charge in [-0.15, -0.1) is 5.10 Å². The lowest BCUT2D eigenvalue weighted by molar-refractivity contribution is 0.400. The van der Waals surface area contributed by atoms with Crippen LogP contribution in [0.4, 0.5) is 5.82 Å². The summed E-state index contributed by atoms with van der Waals surface area (Å²) >= 11 is 0. The van der Waals surface area contributed by atoms with Crippen molar-refractivity contribution in [1.29, 1.82) is 0 Å². The molecule has 9 heteroatoms. The number of hydrogen-bond donors (Lipinski definition) is 1. The number of pyridine rings is 1. The number of benzene rings is 2. The number of anilines is 1. The first-order valence-electron chi connectivity index (χ1n) is 11.0. The van der Waals surface area contributed by atoms with Gasteiger partial charge in [-0.2, -0.15) is 5.10 Å². The number of aromatic nitrogens is 3. The van der Waals surface area contributed by atoms with Crippen molar-refractivity contribution in [3.05, 3.63) is 82.3 Å². The Morgan fingerprint density at radius 1 is 1.09 bits per heavy atom. The summed E-state index contributed by atoms with van der Waals surface area (Å²) in [5.74, 6) is 1.27. The third-order valence-electron chi connectivity index (χ3n) is 6.34. The summed E-state index contributed by atoms with van der Waals surface area (Å²) in [5.41, 5.74) is 3.35. The molecule has 174 valence electrons. The van der Waals surface area contributed by atoms with E-state index in [0.29, 0.717) is 28.3 Å². The van der Waals surface area contributed by atoms with E-state index in [2.05, 4.69) is 21.8 Å². The first-order chi connectivity index (χ1) is 16.4. The highest BCUT2D eigenvalue weighted by Gasteiger charge is 2.24. The molecule has 0 saturated heterocycles. The first kappa shape index (κ1) is 22.1. The van der Waals surface area contributed by atoms with Crippen LogP contribution in [0.5, 0.6) is 5.75 Å². The van der Waals surface area contributed by atoms with Crippen molar-refractivity contribution in [1.82, 2.24) is 14.8 Å². The smallest absolute Gasteiger partial charge is 0.263 e. The number of methoxy groups -OCH3 is 1. The molecule has 1 saturated carbocycles. The summed E-state index contributed by atoms with van der Waals surface area (Å²) in [6.07, 6.45) is 5.02. The molecule has 1 fully saturated rings. The van der Waals surface area contributed by atoms with E-state index >= 15 is 0 Å². The lowest BCUT2D eigenvalue weighted by Crippen LogP contribution is -2.20. The van der Waals surface area contributed by atoms with Gasteiger partial charge in [0.25, 0.3) is 15.6 Å². The molecular formula is C25H24N4O4S. The van der Waals surface area contributed by atoms with Crippen molar-refractivity contribution in [2.45, 2.75) is 37.0 Å². The van der Waals surface area contributed by atoms with Crippen molar-refractivity contribution in [2.24, 2.45) is 0 Å². The number of nitrogens with zero attached hydrogens (tertiary/aromatic N) is 3. The number of hydrogen-bond acceptors (Lipinski definition) is 6. The fourth-order valence-electron chi connectivity index (χ4n) is 4.38. The Morgan fingerprint density at radius 3 is 2.59 bits per heavy atom. The van der Waals surface area contributed by atoms with Gasteiger partial charge in [0.2, 0.25) is 0 Å². The molecule has 0 amide bonds. The monoisotopic (exact) mass is 476 g/mol. The molecule has 2 aromatic heterocycles. The van der Waals surface area contributed by atoms with E-state index in [1.807, 2.05) is 12.1 Å². The second kappa shape index (κ2) is 8.57. The molecule has 0 spiro atoms. The highest BCUT2D eigenvalue weighted by Crippen LogP contribution is 2.41. The highest BCUT2D eigenvalue weighted by molar-refractivity contribution is 7.92. The summed E-state index contributed by atoms with van der Waals surface area (Å²) in [5, 5.41) is 8.07. The standard InChI is InChI=1S/C25H24N4O4S/c1-16-13-22(23(33-2)15-20(16)17-5-3-6-17)29-21-10-9-19(14-18(21)8-11-25(29)30)34(31,32)28-24-7-4-12-26-27-24/h4,7-15,17H,3,5-6H2,1-2H3,(H,27,28). The van der Waals surface area contributed by atoms with Crippen LogP contribution in [0.1, 0.15) is 36.3 Å². The molecule has 0 radical (unpaired) electrons. The normalized spacial score (nSPS) is 14.1. The van der Waals surface area contributed by atoms with Crippen LogP contribution in [0.25, 0.3) is 16.6 Å². The Bertz CT molecular complexity index is 1540. The van der Waals surface area contributed by atoms with Crippen LogP contribution in [0, 0.1) is 6.92 Å². The van der Waals surface area contributed by atoms with Crippen molar-refractivity contribution in [3.63, 3.8) is 0 Å². The minimum atomic E-state index is -3.89. The number of ether oxygens (including phenoxy) is 1. The van der Waals surface area contributed by atoms with Crippen LogP contribution in [-0.4, -0.2) is 30.3 Å². The lowest BCUT2D eigenvalue weighted by Gasteiger charge is -2.28. The first-order valence-corrected chi connectivity index (χ1v) is 12.5. The van der Waals surface area contributed by atoms with Gasteiger partial charge in [0, 0.05) is 17.6 Å². The Labute approximate surface area is 197 Å². The minimum absolute atomic E-state index is 0.0549. The molecule has 5 rings (SSSR count). The zero-order valence-corrected chi connectivity index (χ0v) is 19.7. The predicted molar refractivity (Wildman–Crippen MR) is 130 cm³/mol. The molecule has 0 unspecified atom stereocenters. The molecule has 34 heavy (non-hydrogen) atoms. The Balaban J connectivity index is 1.61. The summed E-state index contributed by atoms with van der Waals surface area (Å²) in [7, 11) is -2.29. The number of rotatable bonds is 6. The van der Waals surface area contributed by atoms with Crippen LogP contribution in [-0.2, 0) is 10.0 Å². The van der Waals surface area contributed by atoms with Crippen LogP contribution >= 0.6 is 0 Å². The Kier molecular flexibility index (Phi) is 5.57. The van der Waals surface area contributed by atoms with E-state index in [0.717, 1.165) is 18.4 Å². The van der Waals surface area contributed by atoms with Crippen molar-refractivity contribution >= 4 is 26.7 Å². The van der Waals surface area contributed by atoms with Crippen molar-refractivity contribution in [3.8, 4) is 11.4 Å². The molecule has 8 nitrogen and oxygen atoms in total. The molecule has 4 aromatic rings. The van der Waals surface area contributed by atoms with E-state index < -0.39 is 10.0 Å². The Morgan fingerprint density at radius 2 is 1.91 bits per heavy atom. The summed E-state index contributed by atoms with van der Waals surface area (Å²) < 4.78 is 35.4. The molecule has 1 aliphatic carbocycles. The molecule has 0 bridgehead atoms. The summed E-state index contributed by atoms with van der Waals surface area (Å²) in [4.78, 5) is 13.0. The van der Waals surface area contributed by atoms with E-state index in [-0.39, 0.29) is 16.3 Å². The second-order valence-corrected chi connectivity index (χ2v) is 10.1. The van der Waals surface area contributed by atoms with Gasteiger partial charge in [0.05, 0.1) is 23.2 Å². The van der Waals surface area contributed by atoms with Crippen LogP contribution < -0.4 is 15.0 Å². The number of aryl methyl sites for hydroxylation is 1. The van der Waals surface area contributed by atoms with Gasteiger partial charge >= 0.3 is 0 Å². The number of sulfonamides is 1. The van der Waals surface area contributed by atoms with Gasteiger partial charge in [0.15, 0.2) is 5.82 Å². The van der Waals surface area contributed by atoms with Gasteiger partial charge in [-0.1, -0.05) is 6.42 Å². The van der Waals surface area contributed by atoms with E-state index in [9.17, 15) is 13.2 Å². The zero-order chi connectivity index (χ0) is 23.9. The summed E-state index contributed by atoms with van der Waals surface area (Å²) in [6, 6.07) is 14.8. The number of nitrogens with one attached hydrogen (secondary N) is 1. The van der Waals surface area contributed by atoms with Crippen LogP contribution in [0.2, 0.25) is 0 Å². The average molecular weight is 477 g/mol. The highest BCUT2D eigenvalue weighted by atomic mass is 32.2. The molecule has 1 N–H and O–H groups in total. The van der Waals surface area contributed by atoms with Gasteiger partial charge in [-0.3, -0.25) is 14.1 Å². The quantitative estimate of drug-likeness (QED) is 0.448. The topological polar surface area (TPSA) is 103 Å². The maximum Gasteiger partial charge on any atom is 0.263 e. The third kappa shape index (κ3) is 3.92. The maximum atomic E-state index is 13.0. The molecule has 2 aromatic carbocycles. The average Bonchev–Trinajstić information content (AvgIpc) is 2.79. The molecule has 2 heterocycles. The van der Waals surface area contributed by atoms with E-state index in [4.69, 9.17) is 4.74 Å². The van der Waals surface area contributed by atoms with Gasteiger partial charge in [-0.25, -0.2) is 8.42 Å². The molecule has 0 atom stereocenters. The molecule has 0 aliphatic heterocycles. The fraction of sp³-hybridized carbons (Fsp3) is 0.240. The number of fused-ring (bicyclic) bond motifs is 1. The largest absolute Gasteiger partial charge is 0.495 e.